The average molecular weight is 84.1 g/mol. The predicted molar refractivity (Wildman–Crippen MR) is 27.2 cm³/mol. The van der Waals surface area contributed by atoms with Gasteiger partial charge in [-0.3, -0.25) is 0 Å². The van der Waals surface area contributed by atoms with E-state index in [4.69, 9.17) is 5.11 Å². The van der Waals surface area contributed by atoms with Gasteiger partial charge in [0, 0.05) is 7.11 Å². The Morgan fingerprint density at radius 3 is 2.00 bits per heavy atom. The molecule has 1 nitrogen and oxygen atoms in total. The van der Waals surface area contributed by atoms with Crippen molar-refractivity contribution in [3.8, 4) is 12.3 Å². The first-order chi connectivity index (χ1) is 2.91. The molecule has 0 aliphatic rings. The molecule has 0 aromatic rings. The second-order valence-corrected chi connectivity index (χ2v) is 0.371. The summed E-state index contributed by atoms with van der Waals surface area (Å²) >= 11 is 0. The Morgan fingerprint density at radius 2 is 2.00 bits per heavy atom. The van der Waals surface area contributed by atoms with E-state index in [1.165, 1.54) is 6.08 Å². The first kappa shape index (κ1) is 8.98. The van der Waals surface area contributed by atoms with E-state index in [0.29, 0.717) is 0 Å². The van der Waals surface area contributed by atoms with Gasteiger partial charge >= 0.3 is 0 Å². The minimum absolute atomic E-state index is 1.00. The van der Waals surface area contributed by atoms with Crippen molar-refractivity contribution in [2.75, 3.05) is 7.11 Å². The van der Waals surface area contributed by atoms with Gasteiger partial charge < -0.3 is 5.11 Å². The van der Waals surface area contributed by atoms with E-state index >= 15 is 0 Å². The number of terminal acetylenes is 1. The Labute approximate surface area is 38.3 Å². The van der Waals surface area contributed by atoms with Gasteiger partial charge in [0.05, 0.1) is 0 Å². The minimum Gasteiger partial charge on any atom is -0.400 e. The zero-order valence-corrected chi connectivity index (χ0v) is 3.81. The molecule has 0 saturated carbocycles. The fraction of sp³-hybridized carbons (Fsp3) is 0.200. The first-order valence-corrected chi connectivity index (χ1v) is 1.43. The van der Waals surface area contributed by atoms with Crippen LogP contribution < -0.4 is 0 Å². The molecule has 6 heavy (non-hydrogen) atoms. The fourth-order valence-electron chi connectivity index (χ4n) is 0. The van der Waals surface area contributed by atoms with E-state index in [0.717, 1.165) is 7.11 Å². The number of allylic oxidation sites excluding steroid dienone is 1. The van der Waals surface area contributed by atoms with Crippen molar-refractivity contribution in [3.63, 3.8) is 0 Å². The largest absolute Gasteiger partial charge is 0.400 e. The third kappa shape index (κ3) is 246. The summed E-state index contributed by atoms with van der Waals surface area (Å²) in [6.45, 7) is 3.24. The standard InChI is InChI=1S/C4H4.CH4O/c1-3-4-2;1-2/h1,4H,2H2;2H,1H3. The molecule has 34 valence electrons. The van der Waals surface area contributed by atoms with Crippen LogP contribution in [0, 0.1) is 12.3 Å². The van der Waals surface area contributed by atoms with Crippen molar-refractivity contribution >= 4 is 0 Å². The van der Waals surface area contributed by atoms with Gasteiger partial charge in [-0.1, -0.05) is 12.5 Å². The van der Waals surface area contributed by atoms with Gasteiger partial charge in [0.25, 0.3) is 0 Å². The van der Waals surface area contributed by atoms with E-state index < -0.39 is 0 Å². The summed E-state index contributed by atoms with van der Waals surface area (Å²) in [7, 11) is 1.00. The quantitative estimate of drug-likeness (QED) is 0.421. The molecule has 1 N–H and O–H groups in total. The third-order valence-electron chi connectivity index (χ3n) is 0.118. The Kier molecular flexibility index (Phi) is 42.7. The number of aliphatic hydroxyl groups excluding tert-OH is 1. The highest BCUT2D eigenvalue weighted by Gasteiger charge is 1.26. The van der Waals surface area contributed by atoms with Crippen molar-refractivity contribution < 1.29 is 5.11 Å². The molecule has 0 saturated heterocycles. The summed E-state index contributed by atoms with van der Waals surface area (Å²) in [5, 5.41) is 7.00. The molecule has 0 radical (unpaired) electrons. The van der Waals surface area contributed by atoms with Crippen LogP contribution in [-0.2, 0) is 0 Å². The van der Waals surface area contributed by atoms with Crippen LogP contribution in [0.25, 0.3) is 0 Å². The lowest BCUT2D eigenvalue weighted by atomic mass is 10.7. The summed E-state index contributed by atoms with van der Waals surface area (Å²) < 4.78 is 0. The van der Waals surface area contributed by atoms with Crippen LogP contribution in [0.1, 0.15) is 0 Å². The van der Waals surface area contributed by atoms with Crippen LogP contribution in [0.2, 0.25) is 0 Å². The Morgan fingerprint density at radius 1 is 1.83 bits per heavy atom. The highest BCUT2D eigenvalue weighted by Crippen LogP contribution is 1.41. The van der Waals surface area contributed by atoms with E-state index in [1.54, 1.807) is 0 Å². The molecule has 1 heteroatoms. The molecule has 0 heterocycles. The average Bonchev–Trinajstić information content (AvgIpc) is 1.72. The van der Waals surface area contributed by atoms with Crippen molar-refractivity contribution in [1.82, 2.24) is 0 Å². The Bertz CT molecular complexity index is 49.4. The lowest BCUT2D eigenvalue weighted by Gasteiger charge is -1.38. The monoisotopic (exact) mass is 84.1 g/mol. The van der Waals surface area contributed by atoms with Crippen LogP contribution in [0.4, 0.5) is 0 Å². The van der Waals surface area contributed by atoms with Gasteiger partial charge in [0.15, 0.2) is 0 Å². The molecule has 0 amide bonds. The zero-order valence-electron chi connectivity index (χ0n) is 3.81. The maximum Gasteiger partial charge on any atom is 0.0319 e. The van der Waals surface area contributed by atoms with Crippen molar-refractivity contribution in [2.24, 2.45) is 0 Å². The van der Waals surface area contributed by atoms with Gasteiger partial charge in [0.2, 0.25) is 0 Å². The SMILES string of the molecule is C#CC=C.CO. The molecule has 0 bridgehead atoms. The normalized spacial score (nSPS) is 3.50. The van der Waals surface area contributed by atoms with Gasteiger partial charge in [-0.05, 0) is 6.08 Å². The first-order valence-electron chi connectivity index (χ1n) is 1.43. The highest BCUT2D eigenvalue weighted by atomic mass is 16.2. The van der Waals surface area contributed by atoms with E-state index in [1.807, 2.05) is 0 Å². The summed E-state index contributed by atoms with van der Waals surface area (Å²) in [6, 6.07) is 0. The number of hydrogen-bond donors (Lipinski definition) is 1. The molecule has 0 aliphatic carbocycles. The smallest absolute Gasteiger partial charge is 0.0319 e. The van der Waals surface area contributed by atoms with Crippen LogP contribution in [0.15, 0.2) is 12.7 Å². The Hall–Kier alpha value is -0.740. The molecule has 0 aliphatic heterocycles. The second kappa shape index (κ2) is 28.5. The summed E-state index contributed by atoms with van der Waals surface area (Å²) in [4.78, 5) is 0. The third-order valence-corrected chi connectivity index (χ3v) is 0.118. The molecule has 0 atom stereocenters. The van der Waals surface area contributed by atoms with Crippen molar-refractivity contribution in [1.29, 1.82) is 0 Å². The maximum absolute atomic E-state index is 7.00. The summed E-state index contributed by atoms with van der Waals surface area (Å²) in [5.41, 5.74) is 0. The van der Waals surface area contributed by atoms with Crippen LogP contribution in [0.3, 0.4) is 0 Å². The lowest BCUT2D eigenvalue weighted by molar-refractivity contribution is 0.399. The molecule has 0 rings (SSSR count). The summed E-state index contributed by atoms with van der Waals surface area (Å²) in [6.07, 6.45) is 6.06. The number of hydrogen-bond acceptors (Lipinski definition) is 1. The molecule has 0 aromatic heterocycles. The van der Waals surface area contributed by atoms with Crippen LogP contribution in [0.5, 0.6) is 0 Å². The zero-order chi connectivity index (χ0) is 5.41. The predicted octanol–water partition coefficient (Wildman–Crippen LogP) is 0.414. The van der Waals surface area contributed by atoms with E-state index in [9.17, 15) is 0 Å². The van der Waals surface area contributed by atoms with Gasteiger partial charge in [-0.2, -0.15) is 0 Å². The molecule has 0 fully saturated rings. The molecular weight excluding hydrogens is 76.1 g/mol. The fourth-order valence-corrected chi connectivity index (χ4v) is 0. The van der Waals surface area contributed by atoms with Crippen molar-refractivity contribution in [2.45, 2.75) is 0 Å². The van der Waals surface area contributed by atoms with Crippen molar-refractivity contribution in [3.05, 3.63) is 12.7 Å². The molecule has 0 aromatic carbocycles. The topological polar surface area (TPSA) is 20.2 Å². The van der Waals surface area contributed by atoms with Gasteiger partial charge in [-0.15, -0.1) is 6.42 Å². The lowest BCUT2D eigenvalue weighted by Crippen LogP contribution is -1.25. The number of aliphatic hydroxyl groups is 1. The van der Waals surface area contributed by atoms with E-state index in [2.05, 4.69) is 18.9 Å². The number of rotatable bonds is 0. The second-order valence-electron chi connectivity index (χ2n) is 0.371. The van der Waals surface area contributed by atoms with Crippen LogP contribution >= 0.6 is 0 Å². The maximum atomic E-state index is 7.00. The van der Waals surface area contributed by atoms with Gasteiger partial charge in [0.1, 0.15) is 0 Å². The van der Waals surface area contributed by atoms with E-state index in [-0.39, 0.29) is 0 Å². The molecule has 0 unspecified atom stereocenters. The molecular formula is C5H8O. The van der Waals surface area contributed by atoms with Crippen LogP contribution in [-0.4, -0.2) is 12.2 Å². The minimum atomic E-state index is 1.00. The highest BCUT2D eigenvalue weighted by molar-refractivity contribution is 5.03. The summed E-state index contributed by atoms with van der Waals surface area (Å²) in [5.74, 6) is 2.19. The Balaban J connectivity index is 0. The molecule has 0 spiro atoms. The van der Waals surface area contributed by atoms with Gasteiger partial charge in [-0.25, -0.2) is 0 Å².